The Balaban J connectivity index is 2.04. The molecule has 1 N–H and O–H groups in total. The van der Waals surface area contributed by atoms with Crippen molar-refractivity contribution >= 4 is 39.3 Å². The largest absolute Gasteiger partial charge is 0.457 e. The molecule has 0 radical (unpaired) electrons. The van der Waals surface area contributed by atoms with Gasteiger partial charge in [-0.05, 0) is 46.3 Å². The minimum Gasteiger partial charge on any atom is -0.457 e. The van der Waals surface area contributed by atoms with E-state index >= 15 is 0 Å². The van der Waals surface area contributed by atoms with Gasteiger partial charge >= 0.3 is 0 Å². The minimum atomic E-state index is -2.46. The van der Waals surface area contributed by atoms with E-state index in [2.05, 4.69) is 21.2 Å². The van der Waals surface area contributed by atoms with E-state index in [-0.39, 0.29) is 5.91 Å². The highest BCUT2D eigenvalue weighted by molar-refractivity contribution is 9.10. The first kappa shape index (κ1) is 14.1. The third kappa shape index (κ3) is 3.81. The second-order valence-corrected chi connectivity index (χ2v) is 5.25. The minimum absolute atomic E-state index is 0.338. The lowest BCUT2D eigenvalue weighted by Gasteiger charge is -2.05. The highest BCUT2D eigenvalue weighted by Crippen LogP contribution is 2.26. The van der Waals surface area contributed by atoms with Crippen molar-refractivity contribution in [2.24, 2.45) is 0 Å². The Morgan fingerprint density at radius 2 is 1.95 bits per heavy atom. The molecule has 100 valence electrons. The van der Waals surface area contributed by atoms with Crippen LogP contribution < -0.4 is 5.32 Å². The van der Waals surface area contributed by atoms with Crippen molar-refractivity contribution in [3.63, 3.8) is 0 Å². The lowest BCUT2D eigenvalue weighted by molar-refractivity contribution is 0.102. The number of furan rings is 1. The maximum atomic E-state index is 12.1. The molecule has 2 rings (SSSR count). The van der Waals surface area contributed by atoms with Crippen LogP contribution in [0.2, 0.25) is 0 Å². The molecule has 1 aromatic carbocycles. The number of carbonyl (C=O) groups is 1. The third-order valence-corrected chi connectivity index (χ3v) is 3.54. The molecule has 1 heterocycles. The second-order valence-electron chi connectivity index (χ2n) is 3.46. The zero-order valence-corrected chi connectivity index (χ0v) is 11.8. The molecular formula is C12H8BrF2NO2S. The summed E-state index contributed by atoms with van der Waals surface area (Å²) in [5, 5.41) is 2.64. The lowest BCUT2D eigenvalue weighted by atomic mass is 10.3. The number of thioether (sulfide) groups is 1. The normalized spacial score (nSPS) is 10.7. The van der Waals surface area contributed by atoms with Gasteiger partial charge < -0.3 is 9.73 Å². The number of benzene rings is 1. The van der Waals surface area contributed by atoms with Crippen molar-refractivity contribution in [2.75, 3.05) is 5.32 Å². The van der Waals surface area contributed by atoms with Crippen LogP contribution in [0.25, 0.3) is 0 Å². The van der Waals surface area contributed by atoms with Crippen LogP contribution in [-0.4, -0.2) is 11.7 Å². The molecular weight excluding hydrogens is 340 g/mol. The van der Waals surface area contributed by atoms with Gasteiger partial charge in [-0.3, -0.25) is 4.79 Å². The van der Waals surface area contributed by atoms with Gasteiger partial charge in [-0.1, -0.05) is 11.8 Å². The predicted molar refractivity (Wildman–Crippen MR) is 72.7 cm³/mol. The number of carbonyl (C=O) groups excluding carboxylic acids is 1. The molecule has 3 nitrogen and oxygen atoms in total. The first-order valence-electron chi connectivity index (χ1n) is 5.15. The molecule has 0 aliphatic heterocycles. The van der Waals surface area contributed by atoms with E-state index in [1.54, 1.807) is 12.1 Å². The predicted octanol–water partition coefficient (Wildman–Crippen LogP) is 4.61. The van der Waals surface area contributed by atoms with Gasteiger partial charge in [0.1, 0.15) is 0 Å². The summed E-state index contributed by atoms with van der Waals surface area (Å²) in [5.74, 6) is -2.79. The molecule has 0 bridgehead atoms. The van der Waals surface area contributed by atoms with Crippen LogP contribution in [0, 0.1) is 0 Å². The van der Waals surface area contributed by atoms with Gasteiger partial charge in [0.2, 0.25) is 0 Å². The molecule has 0 aliphatic carbocycles. The van der Waals surface area contributed by atoms with E-state index in [1.165, 1.54) is 24.5 Å². The number of alkyl halides is 2. The van der Waals surface area contributed by atoms with Gasteiger partial charge in [0.05, 0.1) is 11.8 Å². The van der Waals surface area contributed by atoms with E-state index in [9.17, 15) is 13.6 Å². The van der Waals surface area contributed by atoms with Gasteiger partial charge in [0.15, 0.2) is 4.67 Å². The third-order valence-electron chi connectivity index (χ3n) is 2.20. The quantitative estimate of drug-likeness (QED) is 0.821. The number of hydrogen-bond acceptors (Lipinski definition) is 3. The topological polar surface area (TPSA) is 42.2 Å². The summed E-state index contributed by atoms with van der Waals surface area (Å²) in [6.07, 6.45) is 1.39. The Labute approximate surface area is 120 Å². The number of nitrogens with one attached hydrogen (secondary N) is 1. The van der Waals surface area contributed by atoms with Gasteiger partial charge in [-0.15, -0.1) is 0 Å². The van der Waals surface area contributed by atoms with E-state index < -0.39 is 5.76 Å². The Morgan fingerprint density at radius 3 is 2.47 bits per heavy atom. The summed E-state index contributed by atoms with van der Waals surface area (Å²) in [6.45, 7) is 0. The molecule has 0 spiro atoms. The Hall–Kier alpha value is -1.34. The zero-order chi connectivity index (χ0) is 13.8. The van der Waals surface area contributed by atoms with Gasteiger partial charge in [0.25, 0.3) is 11.7 Å². The van der Waals surface area contributed by atoms with Crippen LogP contribution in [0.15, 0.2) is 50.6 Å². The first-order valence-corrected chi connectivity index (χ1v) is 6.83. The van der Waals surface area contributed by atoms with Crippen LogP contribution in [0.4, 0.5) is 14.5 Å². The van der Waals surface area contributed by atoms with E-state index in [4.69, 9.17) is 4.42 Å². The summed E-state index contributed by atoms with van der Waals surface area (Å²) < 4.78 is 29.6. The van der Waals surface area contributed by atoms with Crippen LogP contribution >= 0.6 is 27.7 Å². The SMILES string of the molecule is O=C(Nc1ccc(SC(F)F)cc1)c1ccoc1Br. The van der Waals surface area contributed by atoms with E-state index in [0.29, 0.717) is 32.6 Å². The van der Waals surface area contributed by atoms with Crippen molar-refractivity contribution in [3.05, 3.63) is 46.8 Å². The molecule has 0 saturated carbocycles. The Bertz CT molecular complexity index is 571. The van der Waals surface area contributed by atoms with Gasteiger partial charge in [-0.2, -0.15) is 8.78 Å². The monoisotopic (exact) mass is 347 g/mol. The van der Waals surface area contributed by atoms with Crippen molar-refractivity contribution in [1.82, 2.24) is 0 Å². The molecule has 2 aromatic rings. The summed E-state index contributed by atoms with van der Waals surface area (Å²) >= 11 is 3.56. The van der Waals surface area contributed by atoms with Crippen molar-refractivity contribution in [3.8, 4) is 0 Å². The molecule has 7 heteroatoms. The molecule has 19 heavy (non-hydrogen) atoms. The fourth-order valence-corrected chi connectivity index (χ4v) is 2.29. The smallest absolute Gasteiger partial charge is 0.288 e. The van der Waals surface area contributed by atoms with Crippen LogP contribution in [0.5, 0.6) is 0 Å². The Kier molecular flexibility index (Phi) is 4.60. The molecule has 0 unspecified atom stereocenters. The van der Waals surface area contributed by atoms with Crippen LogP contribution in [0.1, 0.15) is 10.4 Å². The standard InChI is InChI=1S/C12H8BrF2NO2S/c13-10-9(5-6-18-10)11(17)16-7-1-3-8(4-2-7)19-12(14)15/h1-6,12H,(H,16,17). The fourth-order valence-electron chi connectivity index (χ4n) is 1.37. The summed E-state index contributed by atoms with van der Waals surface area (Å²) in [4.78, 5) is 12.3. The molecule has 1 aromatic heterocycles. The molecule has 0 saturated heterocycles. The molecule has 1 amide bonds. The number of amides is 1. The van der Waals surface area contributed by atoms with Crippen LogP contribution in [0.3, 0.4) is 0 Å². The van der Waals surface area contributed by atoms with Crippen LogP contribution in [-0.2, 0) is 0 Å². The maximum absolute atomic E-state index is 12.1. The molecule has 0 aliphatic rings. The van der Waals surface area contributed by atoms with Gasteiger partial charge in [0, 0.05) is 10.6 Å². The van der Waals surface area contributed by atoms with Crippen molar-refractivity contribution in [1.29, 1.82) is 0 Å². The van der Waals surface area contributed by atoms with Crippen molar-refractivity contribution in [2.45, 2.75) is 10.7 Å². The number of hydrogen-bond donors (Lipinski definition) is 1. The van der Waals surface area contributed by atoms with Gasteiger partial charge in [-0.25, -0.2) is 0 Å². The lowest BCUT2D eigenvalue weighted by Crippen LogP contribution is -2.11. The first-order chi connectivity index (χ1) is 9.06. The number of rotatable bonds is 4. The number of halogens is 3. The second kappa shape index (κ2) is 6.21. The van der Waals surface area contributed by atoms with E-state index in [1.807, 2.05) is 0 Å². The van der Waals surface area contributed by atoms with Crippen molar-refractivity contribution < 1.29 is 18.0 Å². The Morgan fingerprint density at radius 1 is 1.26 bits per heavy atom. The van der Waals surface area contributed by atoms with E-state index in [0.717, 1.165) is 0 Å². The highest BCUT2D eigenvalue weighted by atomic mass is 79.9. The fraction of sp³-hybridized carbons (Fsp3) is 0.0833. The summed E-state index contributed by atoms with van der Waals surface area (Å²) in [5.41, 5.74) is 0.891. The molecule has 0 atom stereocenters. The highest BCUT2D eigenvalue weighted by Gasteiger charge is 2.12. The average Bonchev–Trinajstić information content (AvgIpc) is 2.77. The summed E-state index contributed by atoms with van der Waals surface area (Å²) in [7, 11) is 0. The zero-order valence-electron chi connectivity index (χ0n) is 9.40. The maximum Gasteiger partial charge on any atom is 0.288 e. The molecule has 0 fully saturated rings. The summed E-state index contributed by atoms with van der Waals surface area (Å²) in [6, 6.07) is 7.71. The average molecular weight is 348 g/mol. The number of anilines is 1.